The molecule has 3 N–H and O–H groups in total. The lowest BCUT2D eigenvalue weighted by Gasteiger charge is -1.38. The Morgan fingerprint density at radius 3 is 1.40 bits per heavy atom. The highest BCUT2D eigenvalue weighted by Crippen LogP contribution is 0.887. The van der Waals surface area contributed by atoms with Gasteiger partial charge in [0.1, 0.15) is 0 Å². The van der Waals surface area contributed by atoms with Crippen molar-refractivity contribution in [3.05, 3.63) is 0 Å². The Labute approximate surface area is 65.1 Å². The number of nitrogens with two attached hydrogens (primary N) is 1. The van der Waals surface area contributed by atoms with Crippen molar-refractivity contribution in [3.63, 3.8) is 0 Å². The number of hydrogen-bond acceptors (Lipinski definition) is 1. The zero-order valence-electron chi connectivity index (χ0n) is 2.47. The molecule has 0 aromatic rings. The highest BCUT2D eigenvalue weighted by molar-refractivity contribution is 14.0. The van der Waals surface area contributed by atoms with E-state index in [0.717, 1.165) is 6.34 Å². The van der Waals surface area contributed by atoms with Gasteiger partial charge in [-0.3, -0.25) is 5.41 Å². The Hall–Kier alpha value is 0.930. The van der Waals surface area contributed by atoms with Crippen LogP contribution in [0.3, 0.4) is 0 Å². The SMILES string of the molecule is I.I.N=CN. The standard InChI is InChI=1S/CH4N2.2HI/c2-1-3;;/h1H,(H3,2,3);2*1H. The maximum atomic E-state index is 5.86. The van der Waals surface area contributed by atoms with Gasteiger partial charge in [0.2, 0.25) is 0 Å². The van der Waals surface area contributed by atoms with E-state index in [1.807, 2.05) is 0 Å². The number of hydrogen-bond donors (Lipinski definition) is 2. The lowest BCUT2D eigenvalue weighted by Crippen LogP contribution is -1.81. The first-order chi connectivity index (χ1) is 1.41. The Morgan fingerprint density at radius 1 is 1.40 bits per heavy atom. The molecular weight excluding hydrogens is 294 g/mol. The fraction of sp³-hybridized carbons (Fsp3) is 0. The Kier molecular flexibility index (Phi) is 68.6. The minimum atomic E-state index is 0. The van der Waals surface area contributed by atoms with Crippen molar-refractivity contribution in [3.8, 4) is 0 Å². The molecule has 0 aromatic heterocycles. The van der Waals surface area contributed by atoms with Crippen LogP contribution in [0.2, 0.25) is 0 Å². The molecule has 34 valence electrons. The summed E-state index contributed by atoms with van der Waals surface area (Å²) in [6, 6.07) is 0. The molecule has 0 unspecified atom stereocenters. The van der Waals surface area contributed by atoms with Crippen LogP contribution in [0.5, 0.6) is 0 Å². The first-order valence-electron chi connectivity index (χ1n) is 0.622. The second-order valence-corrected chi connectivity index (χ2v) is 0.167. The normalized spacial score (nSPS) is 2.40. The zero-order chi connectivity index (χ0) is 2.71. The average molecular weight is 300 g/mol. The number of rotatable bonds is 0. The van der Waals surface area contributed by atoms with Crippen molar-refractivity contribution >= 4 is 54.3 Å². The molecule has 0 rings (SSSR count). The van der Waals surface area contributed by atoms with E-state index in [1.165, 1.54) is 0 Å². The van der Waals surface area contributed by atoms with Gasteiger partial charge in [0, 0.05) is 0 Å². The van der Waals surface area contributed by atoms with Crippen molar-refractivity contribution in [1.29, 1.82) is 5.41 Å². The van der Waals surface area contributed by atoms with Crippen molar-refractivity contribution in [2.45, 2.75) is 0 Å². The minimum Gasteiger partial charge on any atom is -0.390 e. The molecule has 0 heterocycles. The summed E-state index contributed by atoms with van der Waals surface area (Å²) < 4.78 is 0. The molecule has 0 spiro atoms. The molecule has 0 aromatic carbocycles. The summed E-state index contributed by atoms with van der Waals surface area (Å²) in [6.07, 6.45) is 0.750. The van der Waals surface area contributed by atoms with E-state index in [4.69, 9.17) is 5.41 Å². The molecule has 0 aliphatic heterocycles. The predicted molar refractivity (Wildman–Crippen MR) is 43.8 cm³/mol. The highest BCUT2D eigenvalue weighted by Gasteiger charge is 1.10. The molecule has 0 saturated heterocycles. The molecular formula is CH6I2N2. The topological polar surface area (TPSA) is 49.9 Å². The lowest BCUT2D eigenvalue weighted by atomic mass is 11.4. The van der Waals surface area contributed by atoms with E-state index in [9.17, 15) is 0 Å². The van der Waals surface area contributed by atoms with Crippen LogP contribution >= 0.6 is 48.0 Å². The summed E-state index contributed by atoms with van der Waals surface area (Å²) >= 11 is 0. The molecule has 0 radical (unpaired) electrons. The minimum absolute atomic E-state index is 0. The fourth-order valence-electron chi connectivity index (χ4n) is 0. The number of halogens is 2. The van der Waals surface area contributed by atoms with Crippen LogP contribution in [0.1, 0.15) is 0 Å². The van der Waals surface area contributed by atoms with Crippen LogP contribution in [-0.2, 0) is 0 Å². The van der Waals surface area contributed by atoms with Gasteiger partial charge >= 0.3 is 0 Å². The molecule has 0 bridgehead atoms. The Morgan fingerprint density at radius 2 is 1.40 bits per heavy atom. The van der Waals surface area contributed by atoms with Crippen LogP contribution < -0.4 is 5.73 Å². The monoisotopic (exact) mass is 300 g/mol. The summed E-state index contributed by atoms with van der Waals surface area (Å²) in [5.74, 6) is 0. The van der Waals surface area contributed by atoms with E-state index in [0.29, 0.717) is 0 Å². The third kappa shape index (κ3) is 48.9. The van der Waals surface area contributed by atoms with Crippen LogP contribution in [0, 0.1) is 5.41 Å². The molecule has 5 heavy (non-hydrogen) atoms. The molecule has 0 fully saturated rings. The molecule has 0 aliphatic rings. The summed E-state index contributed by atoms with van der Waals surface area (Å²) in [4.78, 5) is 0. The van der Waals surface area contributed by atoms with Gasteiger partial charge in [0.15, 0.2) is 0 Å². The van der Waals surface area contributed by atoms with E-state index < -0.39 is 0 Å². The Balaban J connectivity index is -0.0000000200. The fourth-order valence-corrected chi connectivity index (χ4v) is 0. The van der Waals surface area contributed by atoms with E-state index in [-0.39, 0.29) is 48.0 Å². The van der Waals surface area contributed by atoms with Crippen LogP contribution in [0.25, 0.3) is 0 Å². The molecule has 0 amide bonds. The lowest BCUT2D eigenvalue weighted by molar-refractivity contribution is 1.52. The summed E-state index contributed by atoms with van der Waals surface area (Å²) in [5.41, 5.74) is 4.39. The van der Waals surface area contributed by atoms with Crippen LogP contribution in [0.15, 0.2) is 0 Å². The summed E-state index contributed by atoms with van der Waals surface area (Å²) in [6.45, 7) is 0. The first kappa shape index (κ1) is 16.8. The molecule has 0 aliphatic carbocycles. The van der Waals surface area contributed by atoms with Crippen LogP contribution in [0.4, 0.5) is 0 Å². The quantitative estimate of drug-likeness (QED) is 0.388. The van der Waals surface area contributed by atoms with Gasteiger partial charge in [-0.1, -0.05) is 0 Å². The van der Waals surface area contributed by atoms with Crippen LogP contribution in [-0.4, -0.2) is 6.34 Å². The van der Waals surface area contributed by atoms with Gasteiger partial charge < -0.3 is 5.73 Å². The summed E-state index contributed by atoms with van der Waals surface area (Å²) in [7, 11) is 0. The maximum Gasteiger partial charge on any atom is 0.0765 e. The van der Waals surface area contributed by atoms with Gasteiger partial charge in [0.25, 0.3) is 0 Å². The second kappa shape index (κ2) is 20.4. The van der Waals surface area contributed by atoms with Gasteiger partial charge in [-0.2, -0.15) is 0 Å². The largest absolute Gasteiger partial charge is 0.390 e. The molecule has 2 nitrogen and oxygen atoms in total. The average Bonchev–Trinajstić information content (AvgIpc) is 0.918. The molecule has 0 atom stereocenters. The zero-order valence-corrected chi connectivity index (χ0v) is 7.13. The third-order valence-electron chi connectivity index (χ3n) is 0. The summed E-state index contributed by atoms with van der Waals surface area (Å²) in [5, 5.41) is 5.86. The van der Waals surface area contributed by atoms with Gasteiger partial charge in [0.05, 0.1) is 6.34 Å². The highest BCUT2D eigenvalue weighted by atomic mass is 127. The Bertz CT molecular complexity index is 15.1. The predicted octanol–water partition coefficient (Wildman–Crippen LogP) is 0.788. The molecule has 4 heteroatoms. The van der Waals surface area contributed by atoms with Gasteiger partial charge in [-0.25, -0.2) is 0 Å². The van der Waals surface area contributed by atoms with Crippen molar-refractivity contribution < 1.29 is 0 Å². The smallest absolute Gasteiger partial charge is 0.0765 e. The van der Waals surface area contributed by atoms with Gasteiger partial charge in [-0.15, -0.1) is 48.0 Å². The second-order valence-electron chi connectivity index (χ2n) is 0.167. The van der Waals surface area contributed by atoms with E-state index in [1.54, 1.807) is 0 Å². The third-order valence-corrected chi connectivity index (χ3v) is 0. The van der Waals surface area contributed by atoms with E-state index >= 15 is 0 Å². The van der Waals surface area contributed by atoms with Gasteiger partial charge in [-0.05, 0) is 0 Å². The first-order valence-corrected chi connectivity index (χ1v) is 0.622. The van der Waals surface area contributed by atoms with Crippen molar-refractivity contribution in [1.82, 2.24) is 0 Å². The molecule has 0 saturated carbocycles. The van der Waals surface area contributed by atoms with Crippen molar-refractivity contribution in [2.75, 3.05) is 0 Å². The maximum absolute atomic E-state index is 5.86. The van der Waals surface area contributed by atoms with E-state index in [2.05, 4.69) is 5.73 Å². The number of nitrogens with one attached hydrogen (secondary N) is 1. The van der Waals surface area contributed by atoms with Crippen molar-refractivity contribution in [2.24, 2.45) is 5.73 Å².